The summed E-state index contributed by atoms with van der Waals surface area (Å²) in [5.74, 6) is 0.651. The van der Waals surface area contributed by atoms with Crippen molar-refractivity contribution < 1.29 is 14.3 Å². The largest absolute Gasteiger partial charge is 0.496 e. The van der Waals surface area contributed by atoms with Crippen LogP contribution in [0.5, 0.6) is 5.75 Å². The molecule has 0 heterocycles. The zero-order valence-corrected chi connectivity index (χ0v) is 11.3. The third-order valence-corrected chi connectivity index (χ3v) is 2.63. The summed E-state index contributed by atoms with van der Waals surface area (Å²) >= 11 is 0. The molecule has 1 aromatic carbocycles. The topological polar surface area (TPSA) is 47.6 Å². The van der Waals surface area contributed by atoms with Gasteiger partial charge in [-0.3, -0.25) is 4.79 Å². The predicted molar refractivity (Wildman–Crippen MR) is 70.7 cm³/mol. The fraction of sp³-hybridized carbons (Fsp3) is 0.500. The molecule has 0 saturated heterocycles. The lowest BCUT2D eigenvalue weighted by Crippen LogP contribution is -2.08. The van der Waals surface area contributed by atoms with E-state index in [9.17, 15) is 4.79 Å². The highest BCUT2D eigenvalue weighted by Crippen LogP contribution is 2.21. The van der Waals surface area contributed by atoms with Crippen molar-refractivity contribution in [3.05, 3.63) is 29.3 Å². The average Bonchev–Trinajstić information content (AvgIpc) is 2.37. The Morgan fingerprint density at radius 2 is 2.17 bits per heavy atom. The van der Waals surface area contributed by atoms with Crippen molar-refractivity contribution in [1.82, 2.24) is 5.32 Å². The molecule has 0 saturated carbocycles. The van der Waals surface area contributed by atoms with E-state index >= 15 is 0 Å². The van der Waals surface area contributed by atoms with Crippen molar-refractivity contribution in [1.29, 1.82) is 0 Å². The molecule has 4 nitrogen and oxygen atoms in total. The van der Waals surface area contributed by atoms with E-state index in [0.717, 1.165) is 17.9 Å². The number of methoxy groups -OCH3 is 1. The van der Waals surface area contributed by atoms with Crippen LogP contribution < -0.4 is 10.1 Å². The number of benzene rings is 1. The Hall–Kier alpha value is -1.55. The Bertz CT molecular complexity index is 391. The lowest BCUT2D eigenvalue weighted by Gasteiger charge is -2.10. The Balaban J connectivity index is 2.71. The van der Waals surface area contributed by atoms with E-state index in [1.54, 1.807) is 7.11 Å². The number of rotatable bonds is 7. The van der Waals surface area contributed by atoms with Gasteiger partial charge in [0, 0.05) is 13.0 Å². The molecule has 0 amide bonds. The molecule has 4 heteroatoms. The molecule has 0 unspecified atom stereocenters. The van der Waals surface area contributed by atoms with Crippen LogP contribution in [0.1, 0.15) is 24.5 Å². The highest BCUT2D eigenvalue weighted by Gasteiger charge is 2.08. The summed E-state index contributed by atoms with van der Waals surface area (Å²) in [4.78, 5) is 11.4. The number of esters is 1. The molecule has 0 bridgehead atoms. The maximum Gasteiger partial charge on any atom is 0.306 e. The van der Waals surface area contributed by atoms with Crippen molar-refractivity contribution in [2.24, 2.45) is 0 Å². The molecule has 1 aromatic rings. The van der Waals surface area contributed by atoms with Gasteiger partial charge in [0.25, 0.3) is 0 Å². The Kier molecular flexibility index (Phi) is 6.22. The summed E-state index contributed by atoms with van der Waals surface area (Å²) in [5.41, 5.74) is 2.22. The second kappa shape index (κ2) is 7.71. The molecule has 0 aliphatic rings. The van der Waals surface area contributed by atoms with Crippen molar-refractivity contribution >= 4 is 5.97 Å². The van der Waals surface area contributed by atoms with Gasteiger partial charge in [-0.1, -0.05) is 12.1 Å². The number of carbonyl (C=O) groups excluding carboxylic acids is 1. The molecule has 0 radical (unpaired) electrons. The molecule has 18 heavy (non-hydrogen) atoms. The molecule has 100 valence electrons. The Labute approximate surface area is 108 Å². The van der Waals surface area contributed by atoms with Crippen molar-refractivity contribution in [2.75, 3.05) is 20.8 Å². The smallest absolute Gasteiger partial charge is 0.306 e. The van der Waals surface area contributed by atoms with Gasteiger partial charge in [0.2, 0.25) is 0 Å². The zero-order chi connectivity index (χ0) is 13.4. The quantitative estimate of drug-likeness (QED) is 0.752. The van der Waals surface area contributed by atoms with Gasteiger partial charge in [-0.25, -0.2) is 0 Å². The van der Waals surface area contributed by atoms with E-state index < -0.39 is 0 Å². The van der Waals surface area contributed by atoms with E-state index in [1.807, 2.05) is 26.1 Å². The number of ether oxygens (including phenoxy) is 2. The summed E-state index contributed by atoms with van der Waals surface area (Å²) in [6.07, 6.45) is 1.02. The van der Waals surface area contributed by atoms with Crippen LogP contribution in [0.25, 0.3) is 0 Å². The fourth-order valence-electron chi connectivity index (χ4n) is 1.81. The van der Waals surface area contributed by atoms with E-state index in [0.29, 0.717) is 19.4 Å². The number of carbonyl (C=O) groups is 1. The van der Waals surface area contributed by atoms with Gasteiger partial charge in [0.15, 0.2) is 0 Å². The average molecular weight is 251 g/mol. The number of hydrogen-bond donors (Lipinski definition) is 1. The van der Waals surface area contributed by atoms with Crippen LogP contribution in [0.4, 0.5) is 0 Å². The highest BCUT2D eigenvalue weighted by atomic mass is 16.5. The molecule has 0 atom stereocenters. The van der Waals surface area contributed by atoms with Crippen LogP contribution in [0.3, 0.4) is 0 Å². The van der Waals surface area contributed by atoms with Crippen LogP contribution >= 0.6 is 0 Å². The van der Waals surface area contributed by atoms with Crippen molar-refractivity contribution in [3.8, 4) is 5.75 Å². The standard InChI is InChI=1S/C14H21NO3/c1-4-18-14(16)8-6-12-9-11(10-15-2)5-7-13(12)17-3/h5,7,9,15H,4,6,8,10H2,1-3H3. The molecule has 0 fully saturated rings. The van der Waals surface area contributed by atoms with Crippen LogP contribution in [0.2, 0.25) is 0 Å². The molecule has 1 N–H and O–H groups in total. The number of nitrogens with one attached hydrogen (secondary N) is 1. The molecular weight excluding hydrogens is 230 g/mol. The van der Waals surface area contributed by atoms with Crippen molar-refractivity contribution in [3.63, 3.8) is 0 Å². The second-order valence-corrected chi connectivity index (χ2v) is 3.98. The van der Waals surface area contributed by atoms with E-state index in [2.05, 4.69) is 11.4 Å². The van der Waals surface area contributed by atoms with E-state index in [4.69, 9.17) is 9.47 Å². The first-order chi connectivity index (χ1) is 8.71. The van der Waals surface area contributed by atoms with Gasteiger partial charge >= 0.3 is 5.97 Å². The normalized spacial score (nSPS) is 10.2. The minimum Gasteiger partial charge on any atom is -0.496 e. The van der Waals surface area contributed by atoms with Gasteiger partial charge in [-0.05, 0) is 37.6 Å². The minimum absolute atomic E-state index is 0.168. The summed E-state index contributed by atoms with van der Waals surface area (Å²) in [6.45, 7) is 3.04. The van der Waals surface area contributed by atoms with Crippen molar-refractivity contribution in [2.45, 2.75) is 26.3 Å². The summed E-state index contributed by atoms with van der Waals surface area (Å²) in [6, 6.07) is 6.02. The van der Waals surface area contributed by atoms with Gasteiger partial charge in [0.1, 0.15) is 5.75 Å². The molecule has 1 rings (SSSR count). The number of aryl methyl sites for hydroxylation is 1. The summed E-state index contributed by atoms with van der Waals surface area (Å²) in [7, 11) is 3.55. The minimum atomic E-state index is -0.168. The van der Waals surface area contributed by atoms with Crippen LogP contribution in [0, 0.1) is 0 Å². The maximum absolute atomic E-state index is 11.4. The first-order valence-corrected chi connectivity index (χ1v) is 6.17. The highest BCUT2D eigenvalue weighted by molar-refractivity contribution is 5.69. The van der Waals surface area contributed by atoms with E-state index in [-0.39, 0.29) is 5.97 Å². The molecule has 0 aliphatic carbocycles. The monoisotopic (exact) mass is 251 g/mol. The fourth-order valence-corrected chi connectivity index (χ4v) is 1.81. The Morgan fingerprint density at radius 1 is 1.39 bits per heavy atom. The summed E-state index contributed by atoms with van der Waals surface area (Å²) in [5, 5.41) is 3.10. The maximum atomic E-state index is 11.4. The second-order valence-electron chi connectivity index (χ2n) is 3.98. The molecule has 0 aliphatic heterocycles. The van der Waals surface area contributed by atoms with Crippen LogP contribution in [-0.4, -0.2) is 26.7 Å². The first kappa shape index (κ1) is 14.5. The van der Waals surface area contributed by atoms with Gasteiger partial charge in [-0.15, -0.1) is 0 Å². The van der Waals surface area contributed by atoms with Crippen LogP contribution in [0.15, 0.2) is 18.2 Å². The number of hydrogen-bond acceptors (Lipinski definition) is 4. The lowest BCUT2D eigenvalue weighted by atomic mass is 10.0. The third-order valence-electron chi connectivity index (χ3n) is 2.63. The third kappa shape index (κ3) is 4.37. The molecule has 0 spiro atoms. The molecule has 0 aromatic heterocycles. The SMILES string of the molecule is CCOC(=O)CCc1cc(CNC)ccc1OC. The van der Waals surface area contributed by atoms with Gasteiger partial charge < -0.3 is 14.8 Å². The Morgan fingerprint density at radius 3 is 2.78 bits per heavy atom. The lowest BCUT2D eigenvalue weighted by molar-refractivity contribution is -0.143. The first-order valence-electron chi connectivity index (χ1n) is 6.17. The predicted octanol–water partition coefficient (Wildman–Crippen LogP) is 1.91. The van der Waals surface area contributed by atoms with Gasteiger partial charge in [0.05, 0.1) is 13.7 Å². The molecular formula is C14H21NO3. The van der Waals surface area contributed by atoms with Gasteiger partial charge in [-0.2, -0.15) is 0 Å². The zero-order valence-electron chi connectivity index (χ0n) is 11.3. The van der Waals surface area contributed by atoms with Crippen LogP contribution in [-0.2, 0) is 22.5 Å². The van der Waals surface area contributed by atoms with E-state index in [1.165, 1.54) is 5.56 Å². The summed E-state index contributed by atoms with van der Waals surface area (Å²) < 4.78 is 10.2.